The minimum Gasteiger partial charge on any atom is -0.371 e. The number of likely N-dealkylation sites (N-methyl/N-ethyl adjacent to an activating group) is 1. The lowest BCUT2D eigenvalue weighted by molar-refractivity contribution is 0.0982. The highest BCUT2D eigenvalue weighted by molar-refractivity contribution is 5.96. The molecule has 214 valence electrons. The predicted molar refractivity (Wildman–Crippen MR) is 161 cm³/mol. The molecule has 4 N–H and O–H groups in total. The van der Waals surface area contributed by atoms with E-state index in [0.29, 0.717) is 24.3 Å². The molecule has 2 aliphatic heterocycles. The molecule has 2 aromatic rings. The summed E-state index contributed by atoms with van der Waals surface area (Å²) in [5.41, 5.74) is 8.74. The number of nitrogens with one attached hydrogen (secondary N) is 2. The van der Waals surface area contributed by atoms with Gasteiger partial charge < -0.3 is 26.2 Å². The van der Waals surface area contributed by atoms with Crippen LogP contribution >= 0.6 is 0 Å². The predicted octanol–water partition coefficient (Wildman–Crippen LogP) is 4.48. The molecule has 2 fully saturated rings. The molecule has 4 rings (SSSR count). The normalized spacial score (nSPS) is 17.5. The van der Waals surface area contributed by atoms with Gasteiger partial charge in [-0.25, -0.2) is 9.97 Å². The zero-order chi connectivity index (χ0) is 27.8. The molecule has 0 radical (unpaired) electrons. The van der Waals surface area contributed by atoms with Crippen molar-refractivity contribution < 1.29 is 4.79 Å². The van der Waals surface area contributed by atoms with Gasteiger partial charge in [0.25, 0.3) is 5.91 Å². The van der Waals surface area contributed by atoms with Crippen LogP contribution in [-0.4, -0.2) is 84.1 Å². The summed E-state index contributed by atoms with van der Waals surface area (Å²) in [6.07, 6.45) is 7.39. The highest BCUT2D eigenvalue weighted by Crippen LogP contribution is 2.28. The van der Waals surface area contributed by atoms with Crippen LogP contribution in [-0.2, 0) is 6.42 Å². The van der Waals surface area contributed by atoms with Crippen molar-refractivity contribution in [2.45, 2.75) is 77.8 Å². The largest absolute Gasteiger partial charge is 0.371 e. The summed E-state index contributed by atoms with van der Waals surface area (Å²) < 4.78 is 0. The van der Waals surface area contributed by atoms with E-state index in [1.807, 2.05) is 19.1 Å². The van der Waals surface area contributed by atoms with Crippen LogP contribution in [0.15, 0.2) is 24.3 Å². The summed E-state index contributed by atoms with van der Waals surface area (Å²) in [6, 6.07) is 9.41. The van der Waals surface area contributed by atoms with Gasteiger partial charge in [-0.3, -0.25) is 9.69 Å². The first kappa shape index (κ1) is 29.1. The van der Waals surface area contributed by atoms with Crippen LogP contribution in [0.5, 0.6) is 0 Å². The molecule has 1 aromatic heterocycles. The van der Waals surface area contributed by atoms with Crippen LogP contribution < -0.4 is 21.3 Å². The molecule has 0 atom stereocenters. The number of hydrogen-bond acceptors (Lipinski definition) is 8. The summed E-state index contributed by atoms with van der Waals surface area (Å²) in [7, 11) is 2.21. The third-order valence-electron chi connectivity index (χ3n) is 8.17. The standard InChI is InChI=1S/C30H48N8O/c1-5-8-22(9-6-2)32-29-26(7-3)34-27(28(31)39)30(35-29)33-23-10-12-24(13-11-23)37-16-14-25(15-17-37)38-20-18-36(4)19-21-38/h10-13,22,25H,5-9,14-21H2,1-4H3,(H2,31,39)(H2,32,33,35). The highest BCUT2D eigenvalue weighted by Gasteiger charge is 2.27. The van der Waals surface area contributed by atoms with Gasteiger partial charge >= 0.3 is 0 Å². The van der Waals surface area contributed by atoms with Crippen LogP contribution in [0, 0.1) is 0 Å². The van der Waals surface area contributed by atoms with Crippen LogP contribution in [0.25, 0.3) is 0 Å². The van der Waals surface area contributed by atoms with E-state index in [9.17, 15) is 4.79 Å². The van der Waals surface area contributed by atoms with E-state index >= 15 is 0 Å². The Morgan fingerprint density at radius 3 is 2.15 bits per heavy atom. The second-order valence-electron chi connectivity index (χ2n) is 11.1. The van der Waals surface area contributed by atoms with Crippen molar-refractivity contribution in [3.05, 3.63) is 35.7 Å². The number of aryl methyl sites for hydroxylation is 1. The number of carbonyl (C=O) groups is 1. The first-order valence-electron chi connectivity index (χ1n) is 14.9. The molecule has 9 heteroatoms. The zero-order valence-corrected chi connectivity index (χ0v) is 24.4. The maximum Gasteiger partial charge on any atom is 0.271 e. The van der Waals surface area contributed by atoms with Crippen molar-refractivity contribution in [2.24, 2.45) is 5.73 Å². The van der Waals surface area contributed by atoms with Crippen molar-refractivity contribution in [3.8, 4) is 0 Å². The third-order valence-corrected chi connectivity index (χ3v) is 8.17. The second kappa shape index (κ2) is 13.9. The molecule has 0 saturated carbocycles. The molecular formula is C30H48N8O. The van der Waals surface area contributed by atoms with Gasteiger partial charge in [-0.05, 0) is 63.4 Å². The van der Waals surface area contributed by atoms with E-state index < -0.39 is 5.91 Å². The lowest BCUT2D eigenvalue weighted by atomic mass is 10.0. The molecule has 0 spiro atoms. The van der Waals surface area contributed by atoms with Gasteiger partial charge in [-0.15, -0.1) is 0 Å². The Kier molecular flexibility index (Phi) is 10.4. The number of nitrogens with two attached hydrogens (primary N) is 1. The minimum absolute atomic E-state index is 0.176. The van der Waals surface area contributed by atoms with Gasteiger partial charge in [-0.1, -0.05) is 33.6 Å². The molecule has 1 aromatic carbocycles. The average Bonchev–Trinajstić information content (AvgIpc) is 2.94. The van der Waals surface area contributed by atoms with Gasteiger partial charge in [0.1, 0.15) is 5.82 Å². The van der Waals surface area contributed by atoms with Crippen molar-refractivity contribution in [3.63, 3.8) is 0 Å². The number of hydrogen-bond donors (Lipinski definition) is 3. The summed E-state index contributed by atoms with van der Waals surface area (Å²) in [6.45, 7) is 13.3. The Hall–Kier alpha value is -2.91. The molecule has 39 heavy (non-hydrogen) atoms. The third kappa shape index (κ3) is 7.60. The lowest BCUT2D eigenvalue weighted by Gasteiger charge is -2.42. The maximum atomic E-state index is 12.3. The summed E-state index contributed by atoms with van der Waals surface area (Å²) in [5.74, 6) is 0.552. The second-order valence-corrected chi connectivity index (χ2v) is 11.1. The van der Waals surface area contributed by atoms with E-state index in [2.05, 4.69) is 63.3 Å². The van der Waals surface area contributed by atoms with Crippen LogP contribution in [0.1, 0.15) is 75.5 Å². The van der Waals surface area contributed by atoms with Gasteiger partial charge in [-0.2, -0.15) is 0 Å². The number of primary amides is 1. The molecule has 0 aliphatic carbocycles. The fourth-order valence-corrected chi connectivity index (χ4v) is 5.84. The fraction of sp³-hybridized carbons (Fsp3) is 0.633. The van der Waals surface area contributed by atoms with Crippen molar-refractivity contribution >= 4 is 28.9 Å². The Balaban J connectivity index is 1.43. The highest BCUT2D eigenvalue weighted by atomic mass is 16.1. The first-order valence-corrected chi connectivity index (χ1v) is 14.9. The number of piperidine rings is 1. The van der Waals surface area contributed by atoms with Crippen molar-refractivity contribution in [2.75, 3.05) is 61.8 Å². The van der Waals surface area contributed by atoms with Crippen LogP contribution in [0.3, 0.4) is 0 Å². The summed E-state index contributed by atoms with van der Waals surface area (Å²) in [5, 5.41) is 6.92. The number of piperazine rings is 1. The Bertz CT molecular complexity index is 1050. The molecule has 9 nitrogen and oxygen atoms in total. The lowest BCUT2D eigenvalue weighted by Crippen LogP contribution is -2.52. The number of amides is 1. The first-order chi connectivity index (χ1) is 18.9. The van der Waals surface area contributed by atoms with Gasteiger partial charge in [0.15, 0.2) is 11.5 Å². The average molecular weight is 537 g/mol. The van der Waals surface area contributed by atoms with Gasteiger partial charge in [0.2, 0.25) is 0 Å². The number of benzene rings is 1. The minimum atomic E-state index is -0.579. The number of rotatable bonds is 12. The molecular weight excluding hydrogens is 488 g/mol. The van der Waals surface area contributed by atoms with Gasteiger partial charge in [0.05, 0.1) is 5.69 Å². The quantitative estimate of drug-likeness (QED) is 0.365. The number of nitrogens with zero attached hydrogens (tertiary/aromatic N) is 5. The zero-order valence-electron chi connectivity index (χ0n) is 24.4. The van der Waals surface area contributed by atoms with E-state index in [4.69, 9.17) is 10.7 Å². The Morgan fingerprint density at radius 2 is 1.59 bits per heavy atom. The molecule has 1 amide bonds. The Morgan fingerprint density at radius 1 is 0.949 bits per heavy atom. The Labute approximate surface area is 234 Å². The smallest absolute Gasteiger partial charge is 0.271 e. The topological polar surface area (TPSA) is 103 Å². The van der Waals surface area contributed by atoms with E-state index in [0.717, 1.165) is 56.0 Å². The van der Waals surface area contributed by atoms with E-state index in [1.165, 1.54) is 44.7 Å². The summed E-state index contributed by atoms with van der Waals surface area (Å²) in [4.78, 5) is 29.3. The SMILES string of the molecule is CCCC(CCC)Nc1nc(Nc2ccc(N3CCC(N4CCN(C)CC4)CC3)cc2)c(C(N)=O)nc1CC. The van der Waals surface area contributed by atoms with E-state index in [1.54, 1.807) is 0 Å². The fourth-order valence-electron chi connectivity index (χ4n) is 5.84. The molecule has 0 bridgehead atoms. The van der Waals surface area contributed by atoms with Crippen molar-refractivity contribution in [1.82, 2.24) is 19.8 Å². The molecule has 2 aliphatic rings. The van der Waals surface area contributed by atoms with Crippen LogP contribution in [0.2, 0.25) is 0 Å². The van der Waals surface area contributed by atoms with Crippen molar-refractivity contribution in [1.29, 1.82) is 0 Å². The molecule has 3 heterocycles. The molecule has 2 saturated heterocycles. The summed E-state index contributed by atoms with van der Waals surface area (Å²) >= 11 is 0. The van der Waals surface area contributed by atoms with E-state index in [-0.39, 0.29) is 5.69 Å². The number of anilines is 4. The number of aromatic nitrogens is 2. The monoisotopic (exact) mass is 536 g/mol. The molecule has 0 unspecified atom stereocenters. The maximum absolute atomic E-state index is 12.3. The van der Waals surface area contributed by atoms with Gasteiger partial charge in [0, 0.05) is 62.7 Å². The number of carbonyl (C=O) groups excluding carboxylic acids is 1. The van der Waals surface area contributed by atoms with Crippen LogP contribution in [0.4, 0.5) is 23.0 Å².